The van der Waals surface area contributed by atoms with Gasteiger partial charge in [-0.15, -0.1) is 0 Å². The van der Waals surface area contributed by atoms with E-state index >= 15 is 0 Å². The van der Waals surface area contributed by atoms with Crippen LogP contribution in [0.15, 0.2) is 12.2 Å². The van der Waals surface area contributed by atoms with Crippen molar-refractivity contribution >= 4 is 23.6 Å². The van der Waals surface area contributed by atoms with Gasteiger partial charge in [0, 0.05) is 19.0 Å². The highest BCUT2D eigenvalue weighted by molar-refractivity contribution is 7.99. The largest absolute Gasteiger partial charge is 0.377 e. The molecule has 2 fully saturated rings. The second-order valence-corrected chi connectivity index (χ2v) is 7.72. The Morgan fingerprint density at radius 1 is 1.26 bits per heavy atom. The molecule has 0 radical (unpaired) electrons. The molecule has 1 saturated carbocycles. The van der Waals surface area contributed by atoms with Crippen LogP contribution < -0.4 is 5.32 Å². The predicted octanol–water partition coefficient (Wildman–Crippen LogP) is 1.58. The van der Waals surface area contributed by atoms with Crippen LogP contribution in [-0.2, 0) is 14.3 Å². The van der Waals surface area contributed by atoms with Crippen molar-refractivity contribution in [2.24, 2.45) is 5.92 Å². The fraction of sp³-hybridized carbons (Fsp3) is 0.765. The number of nitrogens with one attached hydrogen (secondary N) is 1. The molecular formula is C17H26N2O3S. The van der Waals surface area contributed by atoms with Crippen molar-refractivity contribution in [2.45, 2.75) is 44.2 Å². The number of ether oxygens (including phenoxy) is 1. The van der Waals surface area contributed by atoms with Crippen molar-refractivity contribution in [3.63, 3.8) is 0 Å². The van der Waals surface area contributed by atoms with Crippen LogP contribution in [0.25, 0.3) is 0 Å². The van der Waals surface area contributed by atoms with E-state index in [-0.39, 0.29) is 23.9 Å². The zero-order chi connectivity index (χ0) is 16.1. The Morgan fingerprint density at radius 2 is 2.04 bits per heavy atom. The third-order valence-corrected chi connectivity index (χ3v) is 5.78. The van der Waals surface area contributed by atoms with Crippen LogP contribution in [0.4, 0.5) is 0 Å². The van der Waals surface area contributed by atoms with Gasteiger partial charge in [-0.3, -0.25) is 9.59 Å². The van der Waals surface area contributed by atoms with Gasteiger partial charge in [0.1, 0.15) is 0 Å². The molecule has 0 spiro atoms. The molecule has 1 atom stereocenters. The maximum absolute atomic E-state index is 12.4. The minimum atomic E-state index is -0.118. The van der Waals surface area contributed by atoms with E-state index in [0.29, 0.717) is 31.9 Å². The summed E-state index contributed by atoms with van der Waals surface area (Å²) >= 11 is 1.73. The van der Waals surface area contributed by atoms with Crippen LogP contribution in [0.3, 0.4) is 0 Å². The third-order valence-electron chi connectivity index (χ3n) is 4.62. The average molecular weight is 338 g/mol. The van der Waals surface area contributed by atoms with Crippen molar-refractivity contribution in [3.05, 3.63) is 12.2 Å². The summed E-state index contributed by atoms with van der Waals surface area (Å²) in [5.41, 5.74) is 0. The molecule has 1 aliphatic heterocycles. The van der Waals surface area contributed by atoms with Gasteiger partial charge in [-0.1, -0.05) is 12.2 Å². The lowest BCUT2D eigenvalue weighted by atomic mass is 10.1. The van der Waals surface area contributed by atoms with Crippen LogP contribution in [0, 0.1) is 5.92 Å². The van der Waals surface area contributed by atoms with Gasteiger partial charge in [-0.05, 0) is 37.4 Å². The molecule has 3 rings (SSSR count). The second kappa shape index (κ2) is 8.20. The van der Waals surface area contributed by atoms with E-state index in [4.69, 9.17) is 4.74 Å². The Morgan fingerprint density at radius 3 is 2.78 bits per heavy atom. The summed E-state index contributed by atoms with van der Waals surface area (Å²) in [5, 5.41) is 3.05. The van der Waals surface area contributed by atoms with Gasteiger partial charge in [-0.25, -0.2) is 0 Å². The molecule has 2 amide bonds. The number of carbonyl (C=O) groups is 2. The lowest BCUT2D eigenvalue weighted by Crippen LogP contribution is -2.51. The Hall–Kier alpha value is -1.01. The van der Waals surface area contributed by atoms with Gasteiger partial charge >= 0.3 is 0 Å². The summed E-state index contributed by atoms with van der Waals surface area (Å²) in [6.07, 6.45) is 8.99. The molecule has 5 nitrogen and oxygen atoms in total. The number of rotatable bonds is 7. The quantitative estimate of drug-likeness (QED) is 0.716. The van der Waals surface area contributed by atoms with E-state index in [9.17, 15) is 9.59 Å². The molecule has 1 N–H and O–H groups in total. The molecule has 0 bridgehead atoms. The van der Waals surface area contributed by atoms with Crippen LogP contribution >= 0.6 is 11.8 Å². The second-order valence-electron chi connectivity index (χ2n) is 6.69. The van der Waals surface area contributed by atoms with Gasteiger partial charge in [-0.2, -0.15) is 11.8 Å². The highest BCUT2D eigenvalue weighted by Crippen LogP contribution is 2.32. The molecule has 2 aliphatic carbocycles. The summed E-state index contributed by atoms with van der Waals surface area (Å²) in [4.78, 5) is 26.5. The van der Waals surface area contributed by atoms with E-state index in [1.807, 2.05) is 4.90 Å². The van der Waals surface area contributed by atoms with E-state index in [1.165, 1.54) is 12.8 Å². The maximum atomic E-state index is 12.4. The minimum absolute atomic E-state index is 0.0256. The molecule has 128 valence electrons. The fourth-order valence-corrected chi connectivity index (χ4v) is 4.19. The number of amides is 2. The normalized spacial score (nSPS) is 24.9. The van der Waals surface area contributed by atoms with Crippen molar-refractivity contribution in [1.29, 1.82) is 0 Å². The Kier molecular flexibility index (Phi) is 6.00. The summed E-state index contributed by atoms with van der Waals surface area (Å²) < 4.78 is 5.49. The Balaban J connectivity index is 1.44. The summed E-state index contributed by atoms with van der Waals surface area (Å²) in [5.74, 6) is 2.63. The van der Waals surface area contributed by atoms with E-state index in [1.54, 1.807) is 11.8 Å². The monoisotopic (exact) mass is 338 g/mol. The summed E-state index contributed by atoms with van der Waals surface area (Å²) in [7, 11) is 0. The first kappa shape index (κ1) is 16.8. The zero-order valence-corrected chi connectivity index (χ0v) is 14.4. The number of thioether (sulfide) groups is 1. The first-order chi connectivity index (χ1) is 11.2. The van der Waals surface area contributed by atoms with Crippen LogP contribution in [0.2, 0.25) is 0 Å². The van der Waals surface area contributed by atoms with Crippen LogP contribution in [0.5, 0.6) is 0 Å². The van der Waals surface area contributed by atoms with Gasteiger partial charge < -0.3 is 15.0 Å². The zero-order valence-electron chi connectivity index (χ0n) is 13.5. The highest BCUT2D eigenvalue weighted by atomic mass is 32.2. The van der Waals surface area contributed by atoms with E-state index < -0.39 is 0 Å². The molecular weight excluding hydrogens is 312 g/mol. The summed E-state index contributed by atoms with van der Waals surface area (Å²) in [6, 6.07) is 0.109. The number of morpholine rings is 1. The standard InChI is InChI=1S/C17H26N2O3S/c20-16(18-14-3-1-2-4-14)9-15-10-22-8-7-19(15)17(21)12-23-11-13-5-6-13/h1-2,13-15H,3-12H2,(H,18,20)/t15-/m0/s1. The van der Waals surface area contributed by atoms with Crippen LogP contribution in [-0.4, -0.2) is 60.1 Å². The van der Waals surface area contributed by atoms with Crippen molar-refractivity contribution in [2.75, 3.05) is 31.3 Å². The lowest BCUT2D eigenvalue weighted by molar-refractivity contribution is -0.139. The predicted molar refractivity (Wildman–Crippen MR) is 91.3 cm³/mol. The molecule has 1 heterocycles. The van der Waals surface area contributed by atoms with Crippen LogP contribution in [0.1, 0.15) is 32.1 Å². The molecule has 0 aromatic heterocycles. The number of nitrogens with zero attached hydrogens (tertiary/aromatic N) is 1. The van der Waals surface area contributed by atoms with Gasteiger partial charge in [0.25, 0.3) is 0 Å². The first-order valence-corrected chi connectivity index (χ1v) is 9.77. The third kappa shape index (κ3) is 5.24. The molecule has 0 aromatic rings. The molecule has 0 aromatic carbocycles. The van der Waals surface area contributed by atoms with Gasteiger partial charge in [0.15, 0.2) is 0 Å². The number of carbonyl (C=O) groups excluding carboxylic acids is 2. The number of hydrogen-bond donors (Lipinski definition) is 1. The molecule has 3 aliphatic rings. The molecule has 0 unspecified atom stereocenters. The Labute approximate surface area is 142 Å². The Bertz CT molecular complexity index is 457. The lowest BCUT2D eigenvalue weighted by Gasteiger charge is -2.35. The topological polar surface area (TPSA) is 58.6 Å². The molecule has 23 heavy (non-hydrogen) atoms. The molecule has 6 heteroatoms. The van der Waals surface area contributed by atoms with Gasteiger partial charge in [0.05, 0.1) is 25.0 Å². The minimum Gasteiger partial charge on any atom is -0.377 e. The van der Waals surface area contributed by atoms with Crippen molar-refractivity contribution in [3.8, 4) is 0 Å². The van der Waals surface area contributed by atoms with Gasteiger partial charge in [0.2, 0.25) is 11.8 Å². The first-order valence-electron chi connectivity index (χ1n) is 8.61. The van der Waals surface area contributed by atoms with E-state index in [0.717, 1.165) is 24.5 Å². The number of hydrogen-bond acceptors (Lipinski definition) is 4. The highest BCUT2D eigenvalue weighted by Gasteiger charge is 2.30. The van der Waals surface area contributed by atoms with Crippen molar-refractivity contribution < 1.29 is 14.3 Å². The average Bonchev–Trinajstić information content (AvgIpc) is 3.22. The smallest absolute Gasteiger partial charge is 0.232 e. The maximum Gasteiger partial charge on any atom is 0.232 e. The fourth-order valence-electron chi connectivity index (χ4n) is 3.07. The SMILES string of the molecule is O=C(C[C@H]1COCCN1C(=O)CSCC1CC1)NC1CC=CC1. The summed E-state index contributed by atoms with van der Waals surface area (Å²) in [6.45, 7) is 1.64. The van der Waals surface area contributed by atoms with E-state index in [2.05, 4.69) is 17.5 Å². The van der Waals surface area contributed by atoms with Crippen molar-refractivity contribution in [1.82, 2.24) is 10.2 Å². The molecule has 1 saturated heterocycles.